The normalized spacial score (nSPS) is 26.6. The van der Waals surface area contributed by atoms with Crippen molar-refractivity contribution in [2.75, 3.05) is 13.1 Å². The molecule has 1 amide bonds. The number of hydrogen-bond acceptors (Lipinski definition) is 5. The molecule has 3 rings (SSSR count). The molecule has 2 aliphatic rings. The lowest BCUT2D eigenvalue weighted by molar-refractivity contribution is 0.0809. The van der Waals surface area contributed by atoms with Crippen LogP contribution in [-0.4, -0.2) is 56.2 Å². The third-order valence-electron chi connectivity index (χ3n) is 4.32. The van der Waals surface area contributed by atoms with E-state index in [0.29, 0.717) is 6.04 Å². The fraction of sp³-hybridized carbons (Fsp3) is 0.857. The fourth-order valence-electron chi connectivity index (χ4n) is 2.95. The van der Waals surface area contributed by atoms with Crippen LogP contribution < -0.4 is 5.32 Å². The first kappa shape index (κ1) is 14.4. The molecule has 0 aromatic carbocycles. The lowest BCUT2D eigenvalue weighted by Gasteiger charge is -2.41. The van der Waals surface area contributed by atoms with E-state index < -0.39 is 0 Å². The van der Waals surface area contributed by atoms with Gasteiger partial charge < -0.3 is 10.2 Å². The second-order valence-corrected chi connectivity index (χ2v) is 7.11. The Balaban J connectivity index is 1.50. The second kappa shape index (κ2) is 5.36. The molecule has 0 bridgehead atoms. The number of carbonyl (C=O) groups is 1. The van der Waals surface area contributed by atoms with Gasteiger partial charge >= 0.3 is 0 Å². The third-order valence-corrected chi connectivity index (χ3v) is 4.32. The van der Waals surface area contributed by atoms with Gasteiger partial charge in [-0.25, -0.2) is 0 Å². The number of nitrogens with zero attached hydrogens (tertiary/aromatic N) is 5. The number of tetrazole rings is 1. The fourth-order valence-corrected chi connectivity index (χ4v) is 2.95. The van der Waals surface area contributed by atoms with Crippen LogP contribution in [0.25, 0.3) is 0 Å². The van der Waals surface area contributed by atoms with E-state index in [1.807, 2.05) is 20.8 Å². The Labute approximate surface area is 125 Å². The number of rotatable bonds is 3. The van der Waals surface area contributed by atoms with Gasteiger partial charge in [0.05, 0.1) is 5.54 Å². The highest BCUT2D eigenvalue weighted by atomic mass is 16.2. The minimum atomic E-state index is -0.261. The molecule has 1 saturated heterocycles. The summed E-state index contributed by atoms with van der Waals surface area (Å²) in [5.41, 5.74) is -0.261. The molecule has 0 atom stereocenters. The van der Waals surface area contributed by atoms with Crippen LogP contribution in [-0.2, 0) is 5.54 Å². The van der Waals surface area contributed by atoms with Crippen LogP contribution in [0.3, 0.4) is 0 Å². The first-order chi connectivity index (χ1) is 9.93. The topological polar surface area (TPSA) is 75.9 Å². The van der Waals surface area contributed by atoms with Crippen molar-refractivity contribution < 1.29 is 4.79 Å². The van der Waals surface area contributed by atoms with Crippen molar-refractivity contribution in [2.45, 2.75) is 64.1 Å². The smallest absolute Gasteiger partial charge is 0.293 e. The molecule has 2 fully saturated rings. The largest absolute Gasteiger partial charge is 0.346 e. The Morgan fingerprint density at radius 3 is 2.48 bits per heavy atom. The Morgan fingerprint density at radius 2 is 1.90 bits per heavy atom. The van der Waals surface area contributed by atoms with E-state index in [1.165, 1.54) is 30.7 Å². The summed E-state index contributed by atoms with van der Waals surface area (Å²) in [4.78, 5) is 16.1. The molecule has 21 heavy (non-hydrogen) atoms. The summed E-state index contributed by atoms with van der Waals surface area (Å²) in [6.45, 7) is 8.36. The molecular formula is C14H24N6O. The number of likely N-dealkylation sites (tertiary alicyclic amines) is 1. The lowest BCUT2D eigenvalue weighted by Crippen LogP contribution is -2.53. The third kappa shape index (κ3) is 3.07. The minimum Gasteiger partial charge on any atom is -0.346 e. The number of hydrogen-bond donors (Lipinski definition) is 1. The molecule has 1 N–H and O–H groups in total. The molecule has 7 nitrogen and oxygen atoms in total. The maximum Gasteiger partial charge on any atom is 0.293 e. The van der Waals surface area contributed by atoms with Crippen LogP contribution in [0.1, 0.15) is 57.1 Å². The lowest BCUT2D eigenvalue weighted by atomic mass is 9.85. The van der Waals surface area contributed by atoms with E-state index in [1.54, 1.807) is 0 Å². The standard InChI is InChI=1S/C14H24N6O/c1-14(2,3)20-17-12(16-18-20)13(21)15-10-8-11(9-10)19-6-4-5-7-19/h10-11H,4-9H2,1-3H3,(H,15,21). The van der Waals surface area contributed by atoms with Gasteiger partial charge in [0.1, 0.15) is 0 Å². The quantitative estimate of drug-likeness (QED) is 0.891. The van der Waals surface area contributed by atoms with Gasteiger partial charge in [-0.15, -0.1) is 10.2 Å². The molecule has 0 spiro atoms. The molecule has 7 heteroatoms. The molecule has 0 unspecified atom stereocenters. The van der Waals surface area contributed by atoms with E-state index in [-0.39, 0.29) is 23.3 Å². The van der Waals surface area contributed by atoms with E-state index in [4.69, 9.17) is 0 Å². The van der Waals surface area contributed by atoms with Gasteiger partial charge in [0, 0.05) is 12.1 Å². The van der Waals surface area contributed by atoms with Crippen LogP contribution in [0.5, 0.6) is 0 Å². The highest BCUT2D eigenvalue weighted by Gasteiger charge is 2.36. The van der Waals surface area contributed by atoms with Crippen molar-refractivity contribution in [1.82, 2.24) is 30.4 Å². The zero-order valence-corrected chi connectivity index (χ0v) is 13.0. The predicted molar refractivity (Wildman–Crippen MR) is 77.9 cm³/mol. The first-order valence-electron chi connectivity index (χ1n) is 7.79. The Kier molecular flexibility index (Phi) is 3.69. The van der Waals surface area contributed by atoms with Crippen molar-refractivity contribution in [3.05, 3.63) is 5.82 Å². The molecule has 1 aliphatic carbocycles. The van der Waals surface area contributed by atoms with Crippen molar-refractivity contribution in [3.63, 3.8) is 0 Å². The summed E-state index contributed by atoms with van der Waals surface area (Å²) in [6.07, 6.45) is 4.71. The van der Waals surface area contributed by atoms with Gasteiger partial charge in [-0.2, -0.15) is 4.80 Å². The maximum atomic E-state index is 12.1. The van der Waals surface area contributed by atoms with Gasteiger partial charge in [-0.3, -0.25) is 4.79 Å². The summed E-state index contributed by atoms with van der Waals surface area (Å²) < 4.78 is 0. The summed E-state index contributed by atoms with van der Waals surface area (Å²) in [5, 5.41) is 15.0. The number of nitrogens with one attached hydrogen (secondary N) is 1. The zero-order valence-electron chi connectivity index (χ0n) is 13.0. The highest BCUT2D eigenvalue weighted by molar-refractivity contribution is 5.90. The van der Waals surface area contributed by atoms with E-state index in [9.17, 15) is 4.79 Å². The minimum absolute atomic E-state index is 0.162. The summed E-state index contributed by atoms with van der Waals surface area (Å²) in [5.74, 6) is -0.0510. The van der Waals surface area contributed by atoms with Crippen LogP contribution in [0.15, 0.2) is 0 Å². The molecular weight excluding hydrogens is 268 g/mol. The Morgan fingerprint density at radius 1 is 1.24 bits per heavy atom. The molecule has 0 radical (unpaired) electrons. The van der Waals surface area contributed by atoms with Crippen LogP contribution in [0.2, 0.25) is 0 Å². The van der Waals surface area contributed by atoms with E-state index in [2.05, 4.69) is 25.6 Å². The Bertz CT molecular complexity index is 508. The molecule has 1 aromatic rings. The zero-order chi connectivity index (χ0) is 15.0. The van der Waals surface area contributed by atoms with Crippen molar-refractivity contribution >= 4 is 5.91 Å². The van der Waals surface area contributed by atoms with Gasteiger partial charge in [0.15, 0.2) is 0 Å². The number of aromatic nitrogens is 4. The van der Waals surface area contributed by atoms with Gasteiger partial charge in [0.2, 0.25) is 0 Å². The Hall–Kier alpha value is -1.50. The maximum absolute atomic E-state index is 12.1. The molecule has 1 saturated carbocycles. The molecule has 2 heterocycles. The second-order valence-electron chi connectivity index (χ2n) is 7.11. The van der Waals surface area contributed by atoms with Crippen molar-refractivity contribution in [1.29, 1.82) is 0 Å². The molecule has 116 valence electrons. The van der Waals surface area contributed by atoms with Crippen LogP contribution in [0, 0.1) is 0 Å². The monoisotopic (exact) mass is 292 g/mol. The van der Waals surface area contributed by atoms with Crippen molar-refractivity contribution in [2.24, 2.45) is 0 Å². The highest BCUT2D eigenvalue weighted by Crippen LogP contribution is 2.28. The van der Waals surface area contributed by atoms with E-state index >= 15 is 0 Å². The first-order valence-corrected chi connectivity index (χ1v) is 7.79. The van der Waals surface area contributed by atoms with E-state index in [0.717, 1.165) is 12.8 Å². The summed E-state index contributed by atoms with van der Waals surface area (Å²) in [7, 11) is 0. The average Bonchev–Trinajstić information content (AvgIpc) is 3.02. The SMILES string of the molecule is CC(C)(C)n1nnc(C(=O)NC2CC(N3CCCC3)C2)n1. The summed E-state index contributed by atoms with van der Waals surface area (Å²) >= 11 is 0. The number of amides is 1. The predicted octanol–water partition coefficient (Wildman–Crippen LogP) is 0.785. The van der Waals surface area contributed by atoms with Crippen LogP contribution in [0.4, 0.5) is 0 Å². The average molecular weight is 292 g/mol. The van der Waals surface area contributed by atoms with Gasteiger partial charge in [0.25, 0.3) is 11.7 Å². The molecule has 1 aliphatic heterocycles. The summed E-state index contributed by atoms with van der Waals surface area (Å²) in [6, 6.07) is 0.903. The van der Waals surface area contributed by atoms with Crippen molar-refractivity contribution in [3.8, 4) is 0 Å². The van der Waals surface area contributed by atoms with Crippen LogP contribution >= 0.6 is 0 Å². The van der Waals surface area contributed by atoms with Gasteiger partial charge in [-0.1, -0.05) is 0 Å². The molecule has 1 aromatic heterocycles. The number of carbonyl (C=O) groups excluding carboxylic acids is 1. The van der Waals surface area contributed by atoms with Gasteiger partial charge in [-0.05, 0) is 64.8 Å².